The summed E-state index contributed by atoms with van der Waals surface area (Å²) in [6.45, 7) is 6.52. The Hall–Kier alpha value is -2.77. The fraction of sp³-hybridized carbons (Fsp3) is 0.400. The molecule has 1 aliphatic rings. The number of nitrogens with zero attached hydrogens (tertiary/aromatic N) is 3. The molecule has 0 aliphatic carbocycles. The van der Waals surface area contributed by atoms with E-state index in [2.05, 4.69) is 50.8 Å². The number of aryl methyl sites for hydroxylation is 1. The van der Waals surface area contributed by atoms with Crippen LogP contribution in [0.3, 0.4) is 0 Å². The van der Waals surface area contributed by atoms with E-state index in [1.54, 1.807) is 11.3 Å². The SMILES string of the molecule is Cn1cccc1C(=O)NCCCCN1CCN(c2ccccc2OCc2cccs2)CC1. The van der Waals surface area contributed by atoms with Crippen LogP contribution in [0, 0.1) is 0 Å². The van der Waals surface area contributed by atoms with Gasteiger partial charge in [-0.25, -0.2) is 0 Å². The summed E-state index contributed by atoms with van der Waals surface area (Å²) in [5, 5.41) is 5.11. The Morgan fingerprint density at radius 1 is 1.03 bits per heavy atom. The topological polar surface area (TPSA) is 49.7 Å². The molecule has 2 aromatic heterocycles. The van der Waals surface area contributed by atoms with Gasteiger partial charge in [-0.1, -0.05) is 18.2 Å². The van der Waals surface area contributed by atoms with Gasteiger partial charge in [-0.3, -0.25) is 9.69 Å². The van der Waals surface area contributed by atoms with Gasteiger partial charge >= 0.3 is 0 Å². The molecule has 1 amide bonds. The van der Waals surface area contributed by atoms with Gasteiger partial charge < -0.3 is 19.5 Å². The average molecular weight is 453 g/mol. The third kappa shape index (κ3) is 5.93. The highest BCUT2D eigenvalue weighted by molar-refractivity contribution is 7.09. The van der Waals surface area contributed by atoms with Crippen LogP contribution in [0.5, 0.6) is 5.75 Å². The third-order valence-corrected chi connectivity index (χ3v) is 6.74. The first-order chi connectivity index (χ1) is 15.7. The van der Waals surface area contributed by atoms with Crippen molar-refractivity contribution in [3.8, 4) is 5.75 Å². The highest BCUT2D eigenvalue weighted by Crippen LogP contribution is 2.30. The second-order valence-electron chi connectivity index (χ2n) is 8.13. The molecular formula is C25H32N4O2S. The molecule has 0 radical (unpaired) electrons. The summed E-state index contributed by atoms with van der Waals surface area (Å²) in [6, 6.07) is 16.3. The molecule has 0 unspecified atom stereocenters. The van der Waals surface area contributed by atoms with Crippen molar-refractivity contribution in [3.63, 3.8) is 0 Å². The fourth-order valence-electron chi connectivity index (χ4n) is 4.05. The molecule has 7 heteroatoms. The number of unbranched alkanes of at least 4 members (excludes halogenated alkanes) is 1. The summed E-state index contributed by atoms with van der Waals surface area (Å²) in [7, 11) is 1.89. The molecule has 0 atom stereocenters. The van der Waals surface area contributed by atoms with Gasteiger partial charge in [0.15, 0.2) is 0 Å². The number of carbonyl (C=O) groups is 1. The Morgan fingerprint density at radius 2 is 1.88 bits per heavy atom. The van der Waals surface area contributed by atoms with E-state index in [-0.39, 0.29) is 5.91 Å². The van der Waals surface area contributed by atoms with Gasteiger partial charge in [0, 0.05) is 50.8 Å². The second kappa shape index (κ2) is 11.2. The van der Waals surface area contributed by atoms with Crippen molar-refractivity contribution in [2.24, 2.45) is 7.05 Å². The van der Waals surface area contributed by atoms with Crippen LogP contribution < -0.4 is 15.0 Å². The lowest BCUT2D eigenvalue weighted by Crippen LogP contribution is -2.46. The van der Waals surface area contributed by atoms with Gasteiger partial charge in [-0.2, -0.15) is 0 Å². The number of hydrogen-bond donors (Lipinski definition) is 1. The zero-order chi connectivity index (χ0) is 22.2. The molecule has 1 N–H and O–H groups in total. The summed E-state index contributed by atoms with van der Waals surface area (Å²) in [6.07, 6.45) is 3.98. The second-order valence-corrected chi connectivity index (χ2v) is 9.16. The number of carbonyl (C=O) groups excluding carboxylic acids is 1. The predicted octanol–water partition coefficient (Wildman–Crippen LogP) is 4.00. The van der Waals surface area contributed by atoms with Crippen molar-refractivity contribution in [1.29, 1.82) is 0 Å². The lowest BCUT2D eigenvalue weighted by Gasteiger charge is -2.36. The molecule has 0 saturated carbocycles. The van der Waals surface area contributed by atoms with E-state index in [9.17, 15) is 4.79 Å². The molecule has 1 aliphatic heterocycles. The van der Waals surface area contributed by atoms with E-state index in [1.807, 2.05) is 36.0 Å². The number of benzene rings is 1. The Bertz CT molecular complexity index is 978. The third-order valence-electron chi connectivity index (χ3n) is 5.89. The van der Waals surface area contributed by atoms with Gasteiger partial charge in [0.05, 0.1) is 5.69 Å². The largest absolute Gasteiger partial charge is 0.486 e. The van der Waals surface area contributed by atoms with Gasteiger partial charge in [-0.05, 0) is 55.1 Å². The molecule has 3 aromatic rings. The zero-order valence-corrected chi connectivity index (χ0v) is 19.5. The minimum Gasteiger partial charge on any atom is -0.486 e. The first-order valence-corrected chi connectivity index (χ1v) is 12.2. The number of ether oxygens (including phenoxy) is 1. The smallest absolute Gasteiger partial charge is 0.267 e. The molecule has 1 aromatic carbocycles. The van der Waals surface area contributed by atoms with Crippen LogP contribution in [0.25, 0.3) is 0 Å². The molecule has 4 rings (SSSR count). The number of anilines is 1. The van der Waals surface area contributed by atoms with Crippen LogP contribution in [0.4, 0.5) is 5.69 Å². The molecule has 0 bridgehead atoms. The summed E-state index contributed by atoms with van der Waals surface area (Å²) < 4.78 is 7.97. The molecule has 1 fully saturated rings. The molecule has 32 heavy (non-hydrogen) atoms. The molecule has 1 saturated heterocycles. The van der Waals surface area contributed by atoms with Crippen LogP contribution in [0.2, 0.25) is 0 Å². The molecule has 170 valence electrons. The minimum absolute atomic E-state index is 0.00563. The van der Waals surface area contributed by atoms with Crippen LogP contribution in [-0.4, -0.2) is 54.6 Å². The number of piperazine rings is 1. The zero-order valence-electron chi connectivity index (χ0n) is 18.7. The molecular weight excluding hydrogens is 420 g/mol. The lowest BCUT2D eigenvalue weighted by atomic mass is 10.2. The fourth-order valence-corrected chi connectivity index (χ4v) is 4.66. The van der Waals surface area contributed by atoms with Gasteiger partial charge in [-0.15, -0.1) is 11.3 Å². The number of para-hydroxylation sites is 2. The summed E-state index contributed by atoms with van der Waals surface area (Å²) in [4.78, 5) is 18.3. The van der Waals surface area contributed by atoms with Crippen molar-refractivity contribution < 1.29 is 9.53 Å². The van der Waals surface area contributed by atoms with E-state index in [0.717, 1.165) is 57.9 Å². The normalized spacial score (nSPS) is 14.5. The summed E-state index contributed by atoms with van der Waals surface area (Å²) in [5.41, 5.74) is 1.90. The van der Waals surface area contributed by atoms with E-state index >= 15 is 0 Å². The number of nitrogens with one attached hydrogen (secondary N) is 1. The van der Waals surface area contributed by atoms with E-state index in [0.29, 0.717) is 12.3 Å². The maximum absolute atomic E-state index is 12.1. The predicted molar refractivity (Wildman–Crippen MR) is 131 cm³/mol. The average Bonchev–Trinajstić information content (AvgIpc) is 3.50. The Balaban J connectivity index is 1.16. The van der Waals surface area contributed by atoms with Crippen LogP contribution in [0.15, 0.2) is 60.1 Å². The van der Waals surface area contributed by atoms with Crippen molar-refractivity contribution in [1.82, 2.24) is 14.8 Å². The molecule has 3 heterocycles. The monoisotopic (exact) mass is 452 g/mol. The van der Waals surface area contributed by atoms with Crippen molar-refractivity contribution in [2.75, 3.05) is 44.2 Å². The van der Waals surface area contributed by atoms with Crippen molar-refractivity contribution in [2.45, 2.75) is 19.4 Å². The van der Waals surface area contributed by atoms with Gasteiger partial charge in [0.25, 0.3) is 5.91 Å². The molecule has 6 nitrogen and oxygen atoms in total. The molecule has 0 spiro atoms. The lowest BCUT2D eigenvalue weighted by molar-refractivity contribution is 0.0944. The Kier molecular flexibility index (Phi) is 7.85. The van der Waals surface area contributed by atoms with Crippen LogP contribution in [-0.2, 0) is 13.7 Å². The number of hydrogen-bond acceptors (Lipinski definition) is 5. The standard InChI is InChI=1S/C25H32N4O2S/c1-27-13-6-10-23(27)25(30)26-12-4-5-14-28-15-17-29(18-16-28)22-9-2-3-11-24(22)31-20-21-8-7-19-32-21/h2-3,6-11,13,19H,4-5,12,14-18,20H2,1H3,(H,26,30). The van der Waals surface area contributed by atoms with E-state index < -0.39 is 0 Å². The number of amides is 1. The van der Waals surface area contributed by atoms with E-state index in [4.69, 9.17) is 4.74 Å². The van der Waals surface area contributed by atoms with Gasteiger partial charge in [0.1, 0.15) is 18.1 Å². The van der Waals surface area contributed by atoms with Crippen LogP contribution >= 0.6 is 11.3 Å². The highest BCUT2D eigenvalue weighted by atomic mass is 32.1. The van der Waals surface area contributed by atoms with E-state index in [1.165, 1.54) is 10.6 Å². The quantitative estimate of drug-likeness (QED) is 0.473. The first kappa shape index (κ1) is 22.4. The summed E-state index contributed by atoms with van der Waals surface area (Å²) >= 11 is 1.73. The number of thiophene rings is 1. The van der Waals surface area contributed by atoms with Crippen LogP contribution in [0.1, 0.15) is 28.2 Å². The summed E-state index contributed by atoms with van der Waals surface area (Å²) in [5.74, 6) is 0.967. The van der Waals surface area contributed by atoms with Crippen molar-refractivity contribution >= 4 is 22.9 Å². The first-order valence-electron chi connectivity index (χ1n) is 11.3. The Morgan fingerprint density at radius 3 is 2.62 bits per heavy atom. The van der Waals surface area contributed by atoms with Gasteiger partial charge in [0.2, 0.25) is 0 Å². The Labute approximate surface area is 194 Å². The highest BCUT2D eigenvalue weighted by Gasteiger charge is 2.19. The van der Waals surface area contributed by atoms with Crippen molar-refractivity contribution in [3.05, 3.63) is 70.7 Å². The maximum atomic E-state index is 12.1. The maximum Gasteiger partial charge on any atom is 0.267 e. The minimum atomic E-state index is 0.00563. The number of rotatable bonds is 10. The number of aromatic nitrogens is 1.